The van der Waals surface area contributed by atoms with Crippen LogP contribution in [0.1, 0.15) is 24.0 Å². The van der Waals surface area contributed by atoms with Crippen LogP contribution in [0.4, 0.5) is 0 Å². The summed E-state index contributed by atoms with van der Waals surface area (Å²) in [6.07, 6.45) is 2.89. The molecule has 0 saturated carbocycles. The van der Waals surface area contributed by atoms with Gasteiger partial charge in [0.15, 0.2) is 0 Å². The standard InChI is InChI=1S/C12H17N3/c1-8-4-5-15-11(6-8)10(3)14-12(15)7-9(2)13/h4-6,9H,7,13H2,1-3H3. The van der Waals surface area contributed by atoms with Gasteiger partial charge in [-0.1, -0.05) is 0 Å². The second-order valence-corrected chi connectivity index (χ2v) is 4.25. The van der Waals surface area contributed by atoms with Crippen molar-refractivity contribution in [3.8, 4) is 0 Å². The largest absolute Gasteiger partial charge is 0.328 e. The minimum absolute atomic E-state index is 0.149. The maximum atomic E-state index is 5.80. The Bertz CT molecular complexity index is 483. The quantitative estimate of drug-likeness (QED) is 0.809. The first-order valence-corrected chi connectivity index (χ1v) is 5.27. The molecule has 0 amide bonds. The van der Waals surface area contributed by atoms with E-state index in [4.69, 9.17) is 5.73 Å². The van der Waals surface area contributed by atoms with Crippen LogP contribution in [0.25, 0.3) is 5.52 Å². The summed E-state index contributed by atoms with van der Waals surface area (Å²) in [6.45, 7) is 6.14. The average Bonchev–Trinajstić information content (AvgIpc) is 2.42. The Balaban J connectivity index is 2.57. The topological polar surface area (TPSA) is 43.3 Å². The van der Waals surface area contributed by atoms with Crippen molar-refractivity contribution >= 4 is 5.52 Å². The second kappa shape index (κ2) is 3.66. The third-order valence-corrected chi connectivity index (χ3v) is 2.56. The van der Waals surface area contributed by atoms with Crippen LogP contribution in [0.5, 0.6) is 0 Å². The van der Waals surface area contributed by atoms with E-state index < -0.39 is 0 Å². The highest BCUT2D eigenvalue weighted by Gasteiger charge is 2.09. The van der Waals surface area contributed by atoms with E-state index in [0.29, 0.717) is 0 Å². The minimum atomic E-state index is 0.149. The molecular formula is C12H17N3. The van der Waals surface area contributed by atoms with Crippen LogP contribution >= 0.6 is 0 Å². The summed E-state index contributed by atoms with van der Waals surface area (Å²) in [5, 5.41) is 0. The summed E-state index contributed by atoms with van der Waals surface area (Å²) in [4.78, 5) is 4.55. The molecule has 2 heterocycles. The Morgan fingerprint density at radius 2 is 2.20 bits per heavy atom. The van der Waals surface area contributed by atoms with Gasteiger partial charge in [0, 0.05) is 18.7 Å². The Morgan fingerprint density at radius 1 is 1.47 bits per heavy atom. The Labute approximate surface area is 89.9 Å². The molecule has 2 aromatic heterocycles. The Hall–Kier alpha value is -1.35. The summed E-state index contributed by atoms with van der Waals surface area (Å²) < 4.78 is 2.13. The van der Waals surface area contributed by atoms with Crippen molar-refractivity contribution in [1.29, 1.82) is 0 Å². The monoisotopic (exact) mass is 203 g/mol. The minimum Gasteiger partial charge on any atom is -0.328 e. The number of nitrogens with zero attached hydrogens (tertiary/aromatic N) is 2. The molecule has 3 heteroatoms. The van der Waals surface area contributed by atoms with Crippen LogP contribution < -0.4 is 5.73 Å². The van der Waals surface area contributed by atoms with Gasteiger partial charge in [0.05, 0.1) is 11.2 Å². The van der Waals surface area contributed by atoms with E-state index >= 15 is 0 Å². The van der Waals surface area contributed by atoms with Crippen LogP contribution in [0.3, 0.4) is 0 Å². The summed E-state index contributed by atoms with van der Waals surface area (Å²) in [5.74, 6) is 1.05. The van der Waals surface area contributed by atoms with Crippen molar-refractivity contribution in [2.24, 2.45) is 5.73 Å². The van der Waals surface area contributed by atoms with Crippen LogP contribution in [-0.4, -0.2) is 15.4 Å². The van der Waals surface area contributed by atoms with Crippen LogP contribution in [-0.2, 0) is 6.42 Å². The first-order valence-electron chi connectivity index (χ1n) is 5.27. The highest BCUT2D eigenvalue weighted by molar-refractivity contribution is 5.54. The number of nitrogens with two attached hydrogens (primary N) is 1. The number of rotatable bonds is 2. The fourth-order valence-electron chi connectivity index (χ4n) is 1.85. The molecule has 0 aliphatic carbocycles. The molecule has 15 heavy (non-hydrogen) atoms. The van der Waals surface area contributed by atoms with Gasteiger partial charge >= 0.3 is 0 Å². The van der Waals surface area contributed by atoms with Crippen molar-refractivity contribution in [3.05, 3.63) is 35.4 Å². The maximum Gasteiger partial charge on any atom is 0.115 e. The molecule has 0 bridgehead atoms. The molecule has 0 aliphatic heterocycles. The van der Waals surface area contributed by atoms with Crippen molar-refractivity contribution in [2.75, 3.05) is 0 Å². The molecule has 0 saturated heterocycles. The highest BCUT2D eigenvalue weighted by atomic mass is 15.0. The lowest BCUT2D eigenvalue weighted by Crippen LogP contribution is -2.19. The van der Waals surface area contributed by atoms with Gasteiger partial charge in [-0.15, -0.1) is 0 Å². The van der Waals surface area contributed by atoms with Crippen molar-refractivity contribution in [2.45, 2.75) is 33.2 Å². The van der Waals surface area contributed by atoms with E-state index in [1.165, 1.54) is 11.1 Å². The van der Waals surface area contributed by atoms with E-state index in [0.717, 1.165) is 17.9 Å². The number of hydrogen-bond donors (Lipinski definition) is 1. The zero-order valence-corrected chi connectivity index (χ0v) is 9.49. The van der Waals surface area contributed by atoms with Gasteiger partial charge in [0.2, 0.25) is 0 Å². The van der Waals surface area contributed by atoms with E-state index in [-0.39, 0.29) is 6.04 Å². The first kappa shape index (κ1) is 10.2. The van der Waals surface area contributed by atoms with Gasteiger partial charge in [-0.3, -0.25) is 0 Å². The third kappa shape index (κ3) is 1.88. The molecule has 2 N–H and O–H groups in total. The first-order chi connectivity index (χ1) is 7.08. The maximum absolute atomic E-state index is 5.80. The van der Waals surface area contributed by atoms with Crippen LogP contribution in [0.15, 0.2) is 18.3 Å². The Kier molecular flexibility index (Phi) is 2.49. The van der Waals surface area contributed by atoms with Crippen LogP contribution in [0, 0.1) is 13.8 Å². The summed E-state index contributed by atoms with van der Waals surface area (Å²) >= 11 is 0. The average molecular weight is 203 g/mol. The lowest BCUT2D eigenvalue weighted by Gasteiger charge is -2.04. The molecule has 0 fully saturated rings. The second-order valence-electron chi connectivity index (χ2n) is 4.25. The molecule has 0 aliphatic rings. The molecule has 80 valence electrons. The van der Waals surface area contributed by atoms with Gasteiger partial charge in [-0.25, -0.2) is 4.98 Å². The lowest BCUT2D eigenvalue weighted by molar-refractivity contribution is 0.699. The van der Waals surface area contributed by atoms with E-state index in [1.807, 2.05) is 13.8 Å². The molecular weight excluding hydrogens is 186 g/mol. The molecule has 1 atom stereocenters. The fraction of sp³-hybridized carbons (Fsp3) is 0.417. The number of pyridine rings is 1. The molecule has 2 aromatic rings. The predicted molar refractivity (Wildman–Crippen MR) is 62.0 cm³/mol. The molecule has 3 nitrogen and oxygen atoms in total. The molecule has 2 rings (SSSR count). The molecule has 0 aromatic carbocycles. The van der Waals surface area contributed by atoms with E-state index in [9.17, 15) is 0 Å². The van der Waals surface area contributed by atoms with Crippen LogP contribution in [0.2, 0.25) is 0 Å². The zero-order chi connectivity index (χ0) is 11.0. The fourth-order valence-corrected chi connectivity index (χ4v) is 1.85. The number of aryl methyl sites for hydroxylation is 2. The number of imidazole rings is 1. The lowest BCUT2D eigenvalue weighted by atomic mass is 10.2. The number of aromatic nitrogens is 2. The number of fused-ring (bicyclic) bond motifs is 1. The summed E-state index contributed by atoms with van der Waals surface area (Å²) in [5.41, 5.74) is 9.33. The van der Waals surface area contributed by atoms with Gasteiger partial charge in [0.1, 0.15) is 5.82 Å². The molecule has 0 radical (unpaired) electrons. The summed E-state index contributed by atoms with van der Waals surface area (Å²) in [6, 6.07) is 4.41. The normalized spacial score (nSPS) is 13.3. The van der Waals surface area contributed by atoms with Gasteiger partial charge in [-0.2, -0.15) is 0 Å². The smallest absolute Gasteiger partial charge is 0.115 e. The number of hydrogen-bond acceptors (Lipinski definition) is 2. The van der Waals surface area contributed by atoms with Gasteiger partial charge in [-0.05, 0) is 38.5 Å². The Morgan fingerprint density at radius 3 is 2.87 bits per heavy atom. The third-order valence-electron chi connectivity index (χ3n) is 2.56. The van der Waals surface area contributed by atoms with Crippen molar-refractivity contribution in [1.82, 2.24) is 9.38 Å². The highest BCUT2D eigenvalue weighted by Crippen LogP contribution is 2.14. The zero-order valence-electron chi connectivity index (χ0n) is 9.49. The SMILES string of the molecule is Cc1ccn2c(CC(C)N)nc(C)c2c1. The van der Waals surface area contributed by atoms with Gasteiger partial charge < -0.3 is 10.1 Å². The molecule has 0 spiro atoms. The molecule has 1 unspecified atom stereocenters. The van der Waals surface area contributed by atoms with Crippen molar-refractivity contribution in [3.63, 3.8) is 0 Å². The van der Waals surface area contributed by atoms with Crippen molar-refractivity contribution < 1.29 is 0 Å². The predicted octanol–water partition coefficient (Wildman–Crippen LogP) is 1.84. The van der Waals surface area contributed by atoms with E-state index in [1.54, 1.807) is 0 Å². The van der Waals surface area contributed by atoms with E-state index in [2.05, 4.69) is 34.6 Å². The van der Waals surface area contributed by atoms with Gasteiger partial charge in [0.25, 0.3) is 0 Å². The summed E-state index contributed by atoms with van der Waals surface area (Å²) in [7, 11) is 0.